The van der Waals surface area contributed by atoms with Crippen molar-refractivity contribution in [3.63, 3.8) is 0 Å². The zero-order valence-corrected chi connectivity index (χ0v) is 6.44. The van der Waals surface area contributed by atoms with Crippen molar-refractivity contribution >= 4 is 0 Å². The van der Waals surface area contributed by atoms with Crippen LogP contribution in [0.1, 0.15) is 24.2 Å². The second kappa shape index (κ2) is 2.82. The smallest absolute Gasteiger partial charge is 0.357 e. The SMILES string of the molecule is C[C@H](N)c1cc[nH]c1C(F)(F)F. The molecule has 5 heteroatoms. The van der Waals surface area contributed by atoms with E-state index in [4.69, 9.17) is 5.73 Å². The van der Waals surface area contributed by atoms with Crippen LogP contribution in [-0.4, -0.2) is 4.98 Å². The van der Waals surface area contributed by atoms with Crippen LogP contribution >= 0.6 is 0 Å². The highest BCUT2D eigenvalue weighted by Crippen LogP contribution is 2.32. The molecule has 0 aromatic carbocycles. The van der Waals surface area contributed by atoms with Crippen LogP contribution in [0.25, 0.3) is 0 Å². The number of rotatable bonds is 1. The molecule has 0 spiro atoms. The summed E-state index contributed by atoms with van der Waals surface area (Å²) in [6, 6.07) is 0.737. The van der Waals surface area contributed by atoms with Gasteiger partial charge in [-0.15, -0.1) is 0 Å². The van der Waals surface area contributed by atoms with Gasteiger partial charge in [0.2, 0.25) is 0 Å². The Balaban J connectivity index is 3.08. The second-order valence-corrected chi connectivity index (χ2v) is 2.59. The molecule has 2 nitrogen and oxygen atoms in total. The van der Waals surface area contributed by atoms with E-state index in [-0.39, 0.29) is 5.56 Å². The van der Waals surface area contributed by atoms with E-state index < -0.39 is 17.9 Å². The molecule has 68 valence electrons. The third-order valence-corrected chi connectivity index (χ3v) is 1.55. The molecule has 0 saturated carbocycles. The highest BCUT2D eigenvalue weighted by atomic mass is 19.4. The first kappa shape index (κ1) is 9.12. The summed E-state index contributed by atoms with van der Waals surface area (Å²) < 4.78 is 36.5. The van der Waals surface area contributed by atoms with Crippen LogP contribution in [0.2, 0.25) is 0 Å². The molecule has 0 fully saturated rings. The van der Waals surface area contributed by atoms with Crippen LogP contribution in [0, 0.1) is 0 Å². The van der Waals surface area contributed by atoms with Gasteiger partial charge in [0.25, 0.3) is 0 Å². The molecule has 0 aliphatic rings. The van der Waals surface area contributed by atoms with Crippen LogP contribution in [0.3, 0.4) is 0 Å². The van der Waals surface area contributed by atoms with Gasteiger partial charge in [0.1, 0.15) is 5.69 Å². The normalized spacial score (nSPS) is 14.8. The van der Waals surface area contributed by atoms with Crippen molar-refractivity contribution in [1.82, 2.24) is 4.98 Å². The Morgan fingerprint density at radius 3 is 2.42 bits per heavy atom. The Bertz CT molecular complexity index is 262. The maximum Gasteiger partial charge on any atom is 0.431 e. The maximum atomic E-state index is 12.2. The number of halogens is 3. The van der Waals surface area contributed by atoms with Gasteiger partial charge >= 0.3 is 6.18 Å². The van der Waals surface area contributed by atoms with Crippen molar-refractivity contribution in [3.8, 4) is 0 Å². The van der Waals surface area contributed by atoms with Gasteiger partial charge in [-0.1, -0.05) is 0 Å². The van der Waals surface area contributed by atoms with Gasteiger partial charge in [-0.3, -0.25) is 0 Å². The molecular weight excluding hydrogens is 169 g/mol. The summed E-state index contributed by atoms with van der Waals surface area (Å²) in [7, 11) is 0. The van der Waals surface area contributed by atoms with Gasteiger partial charge in [0, 0.05) is 12.2 Å². The summed E-state index contributed by atoms with van der Waals surface area (Å²) in [5.74, 6) is 0. The Hall–Kier alpha value is -0.970. The first-order chi connectivity index (χ1) is 5.43. The van der Waals surface area contributed by atoms with E-state index in [1.807, 2.05) is 0 Å². The second-order valence-electron chi connectivity index (χ2n) is 2.59. The number of H-pyrrole nitrogens is 1. The third kappa shape index (κ3) is 1.61. The van der Waals surface area contributed by atoms with Crippen molar-refractivity contribution in [3.05, 3.63) is 23.5 Å². The standard InChI is InChI=1S/C7H9F3N2/c1-4(11)5-2-3-12-6(5)7(8,9)10/h2-4,12H,11H2,1H3/t4-/m0/s1. The van der Waals surface area contributed by atoms with Gasteiger partial charge in [-0.25, -0.2) is 0 Å². The highest BCUT2D eigenvalue weighted by Gasteiger charge is 2.35. The van der Waals surface area contributed by atoms with Gasteiger partial charge in [-0.05, 0) is 18.6 Å². The van der Waals surface area contributed by atoms with Crippen molar-refractivity contribution in [2.24, 2.45) is 5.73 Å². The summed E-state index contributed by atoms with van der Waals surface area (Å²) in [6.07, 6.45) is -3.10. The van der Waals surface area contributed by atoms with E-state index >= 15 is 0 Å². The van der Waals surface area contributed by atoms with Crippen molar-refractivity contribution in [1.29, 1.82) is 0 Å². The lowest BCUT2D eigenvalue weighted by atomic mass is 10.1. The molecular formula is C7H9F3N2. The van der Waals surface area contributed by atoms with Crippen molar-refractivity contribution in [2.75, 3.05) is 0 Å². The molecule has 1 heterocycles. The number of nitrogens with one attached hydrogen (secondary N) is 1. The van der Waals surface area contributed by atoms with Crippen LogP contribution < -0.4 is 5.73 Å². The molecule has 0 saturated heterocycles. The zero-order chi connectivity index (χ0) is 9.35. The molecule has 0 amide bonds. The lowest BCUT2D eigenvalue weighted by Gasteiger charge is -2.09. The van der Waals surface area contributed by atoms with Crippen LogP contribution in [-0.2, 0) is 6.18 Å². The highest BCUT2D eigenvalue weighted by molar-refractivity contribution is 5.25. The first-order valence-corrected chi connectivity index (χ1v) is 3.43. The third-order valence-electron chi connectivity index (χ3n) is 1.55. The Morgan fingerprint density at radius 1 is 1.50 bits per heavy atom. The molecule has 0 bridgehead atoms. The summed E-state index contributed by atoms with van der Waals surface area (Å²) in [6.45, 7) is 1.51. The number of alkyl halides is 3. The quantitative estimate of drug-likeness (QED) is 0.679. The van der Waals surface area contributed by atoms with E-state index in [9.17, 15) is 13.2 Å². The summed E-state index contributed by atoms with van der Waals surface area (Å²) in [5.41, 5.74) is 4.68. The average Bonchev–Trinajstić information content (AvgIpc) is 2.30. The van der Waals surface area contributed by atoms with Crippen LogP contribution in [0.5, 0.6) is 0 Å². The predicted octanol–water partition coefficient (Wildman–Crippen LogP) is 2.05. The topological polar surface area (TPSA) is 41.8 Å². The van der Waals surface area contributed by atoms with Crippen LogP contribution in [0.4, 0.5) is 13.2 Å². The van der Waals surface area contributed by atoms with Crippen molar-refractivity contribution < 1.29 is 13.2 Å². The lowest BCUT2D eigenvalue weighted by molar-refractivity contribution is -0.141. The molecule has 0 aliphatic heterocycles. The van der Waals surface area contributed by atoms with E-state index in [1.54, 1.807) is 0 Å². The zero-order valence-electron chi connectivity index (χ0n) is 6.44. The average molecular weight is 178 g/mol. The summed E-state index contributed by atoms with van der Waals surface area (Å²) in [5, 5.41) is 0. The molecule has 12 heavy (non-hydrogen) atoms. The molecule has 1 aromatic rings. The van der Waals surface area contributed by atoms with Crippen molar-refractivity contribution in [2.45, 2.75) is 19.1 Å². The number of hydrogen-bond acceptors (Lipinski definition) is 1. The Morgan fingerprint density at radius 2 is 2.08 bits per heavy atom. The lowest BCUT2D eigenvalue weighted by Crippen LogP contribution is -2.14. The minimum absolute atomic E-state index is 0.0995. The van der Waals surface area contributed by atoms with Gasteiger partial charge in [0.15, 0.2) is 0 Å². The van der Waals surface area contributed by atoms with Crippen LogP contribution in [0.15, 0.2) is 12.3 Å². The van der Waals surface area contributed by atoms with E-state index in [2.05, 4.69) is 4.98 Å². The minimum Gasteiger partial charge on any atom is -0.357 e. The molecule has 0 unspecified atom stereocenters. The monoisotopic (exact) mass is 178 g/mol. The van der Waals surface area contributed by atoms with Gasteiger partial charge < -0.3 is 10.7 Å². The molecule has 1 aromatic heterocycles. The fourth-order valence-electron chi connectivity index (χ4n) is 1.01. The molecule has 0 radical (unpaired) electrons. The molecule has 0 aliphatic carbocycles. The largest absolute Gasteiger partial charge is 0.431 e. The molecule has 1 rings (SSSR count). The fraction of sp³-hybridized carbons (Fsp3) is 0.429. The Labute approximate surface area is 67.6 Å². The number of hydrogen-bond donors (Lipinski definition) is 2. The Kier molecular flexibility index (Phi) is 2.14. The van der Waals surface area contributed by atoms with E-state index in [0.29, 0.717) is 0 Å². The fourth-order valence-corrected chi connectivity index (χ4v) is 1.01. The number of aromatic nitrogens is 1. The molecule has 1 atom stereocenters. The first-order valence-electron chi connectivity index (χ1n) is 3.43. The summed E-state index contributed by atoms with van der Waals surface area (Å²) in [4.78, 5) is 2.12. The van der Waals surface area contributed by atoms with E-state index in [1.165, 1.54) is 19.2 Å². The predicted molar refractivity (Wildman–Crippen MR) is 38.4 cm³/mol. The number of aromatic amines is 1. The summed E-state index contributed by atoms with van der Waals surface area (Å²) >= 11 is 0. The number of nitrogens with two attached hydrogens (primary N) is 1. The maximum absolute atomic E-state index is 12.2. The molecule has 3 N–H and O–H groups in total. The minimum atomic E-state index is -4.34. The van der Waals surface area contributed by atoms with Gasteiger partial charge in [0.05, 0.1) is 0 Å². The van der Waals surface area contributed by atoms with Gasteiger partial charge in [-0.2, -0.15) is 13.2 Å². The van der Waals surface area contributed by atoms with E-state index in [0.717, 1.165) is 0 Å².